The van der Waals surface area contributed by atoms with E-state index in [1.54, 1.807) is 0 Å². The lowest BCUT2D eigenvalue weighted by Gasteiger charge is -2.36. The van der Waals surface area contributed by atoms with Crippen LogP contribution in [0.4, 0.5) is 0 Å². The van der Waals surface area contributed by atoms with Crippen LogP contribution in [-0.4, -0.2) is 94.2 Å². The van der Waals surface area contributed by atoms with E-state index < -0.39 is 8.32 Å². The predicted molar refractivity (Wildman–Crippen MR) is 117 cm³/mol. The van der Waals surface area contributed by atoms with E-state index in [4.69, 9.17) is 39.3 Å². The molecule has 0 saturated heterocycles. The summed E-state index contributed by atoms with van der Waals surface area (Å²) in [5.41, 5.74) is 0. The van der Waals surface area contributed by atoms with E-state index >= 15 is 0 Å². The Balaban J connectivity index is 3.19. The summed E-state index contributed by atoms with van der Waals surface area (Å²) in [6.07, 6.45) is 5.06. The first-order valence-corrected chi connectivity index (χ1v) is 13.3. The van der Waals surface area contributed by atoms with Crippen LogP contribution in [0.1, 0.15) is 20.8 Å². The van der Waals surface area contributed by atoms with Gasteiger partial charge in [-0.1, -0.05) is 26.7 Å². The molecule has 0 N–H and O–H groups in total. The Morgan fingerprint density at radius 1 is 0.586 bits per heavy atom. The van der Waals surface area contributed by atoms with Gasteiger partial charge >= 0.3 is 0 Å². The van der Waals surface area contributed by atoms with Crippen molar-refractivity contribution in [1.29, 1.82) is 0 Å². The van der Waals surface area contributed by atoms with Crippen LogP contribution in [0.25, 0.3) is 0 Å². The second-order valence-corrected chi connectivity index (χ2v) is 12.7. The van der Waals surface area contributed by atoms with Crippen molar-refractivity contribution >= 4 is 8.32 Å². The number of terminal acetylenes is 1. The van der Waals surface area contributed by atoms with Gasteiger partial charge in [-0.05, 0) is 18.1 Å². The first-order valence-electron chi connectivity index (χ1n) is 10.3. The molecule has 0 spiro atoms. The monoisotopic (exact) mass is 434 g/mol. The summed E-state index contributed by atoms with van der Waals surface area (Å²) >= 11 is 0. The van der Waals surface area contributed by atoms with E-state index in [-0.39, 0.29) is 5.04 Å². The van der Waals surface area contributed by atoms with Crippen molar-refractivity contribution in [2.45, 2.75) is 38.9 Å². The van der Waals surface area contributed by atoms with Crippen molar-refractivity contribution in [3.05, 3.63) is 0 Å². The zero-order valence-corrected chi connectivity index (χ0v) is 20.1. The van der Waals surface area contributed by atoms with E-state index in [9.17, 15) is 0 Å². The number of ether oxygens (including phenoxy) is 6. The first-order chi connectivity index (χ1) is 13.8. The van der Waals surface area contributed by atoms with Gasteiger partial charge in [-0.15, -0.1) is 6.42 Å². The van der Waals surface area contributed by atoms with Crippen molar-refractivity contribution in [2.75, 3.05) is 85.9 Å². The van der Waals surface area contributed by atoms with Gasteiger partial charge in [-0.25, -0.2) is 0 Å². The quantitative estimate of drug-likeness (QED) is 0.166. The third kappa shape index (κ3) is 18.0. The average molecular weight is 435 g/mol. The Hall–Kier alpha value is -0.503. The van der Waals surface area contributed by atoms with E-state index in [0.717, 1.165) is 0 Å². The highest BCUT2D eigenvalue weighted by atomic mass is 28.4. The molecule has 7 nitrogen and oxygen atoms in total. The Kier molecular flexibility index (Phi) is 18.0. The molecule has 8 heteroatoms. The Morgan fingerprint density at radius 3 is 1.21 bits per heavy atom. The number of rotatable bonds is 20. The van der Waals surface area contributed by atoms with Gasteiger partial charge in [-0.2, -0.15) is 0 Å². The maximum Gasteiger partial charge on any atom is 0.192 e. The van der Waals surface area contributed by atoms with Crippen LogP contribution in [0.5, 0.6) is 0 Å². The van der Waals surface area contributed by atoms with Gasteiger partial charge in [0.25, 0.3) is 0 Å². The molecule has 0 aromatic carbocycles. The zero-order chi connectivity index (χ0) is 21.8. The molecule has 0 aromatic heterocycles. The zero-order valence-electron chi connectivity index (χ0n) is 19.1. The van der Waals surface area contributed by atoms with Crippen molar-refractivity contribution in [2.24, 2.45) is 0 Å². The molecule has 0 aliphatic carbocycles. The van der Waals surface area contributed by atoms with Gasteiger partial charge in [0.05, 0.1) is 79.3 Å². The second kappa shape index (κ2) is 18.3. The third-order valence-electron chi connectivity index (χ3n) is 4.54. The fourth-order valence-electron chi connectivity index (χ4n) is 1.80. The normalized spacial score (nSPS) is 12.3. The van der Waals surface area contributed by atoms with Gasteiger partial charge in [-0.3, -0.25) is 0 Å². The van der Waals surface area contributed by atoms with Crippen LogP contribution < -0.4 is 0 Å². The van der Waals surface area contributed by atoms with Crippen LogP contribution in [0.15, 0.2) is 0 Å². The molecule has 0 unspecified atom stereocenters. The maximum absolute atomic E-state index is 6.05. The van der Waals surface area contributed by atoms with Gasteiger partial charge in [0.2, 0.25) is 0 Å². The van der Waals surface area contributed by atoms with Crippen LogP contribution in [0, 0.1) is 12.3 Å². The second-order valence-electron chi connectivity index (χ2n) is 7.93. The summed E-state index contributed by atoms with van der Waals surface area (Å²) in [6.45, 7) is 18.1. The summed E-state index contributed by atoms with van der Waals surface area (Å²) in [6, 6.07) is 0. The van der Waals surface area contributed by atoms with Gasteiger partial charge in [0.1, 0.15) is 6.61 Å². The number of hydrogen-bond donors (Lipinski definition) is 0. The summed E-state index contributed by atoms with van der Waals surface area (Å²) in [4.78, 5) is 0. The summed E-state index contributed by atoms with van der Waals surface area (Å²) in [5.74, 6) is 2.40. The minimum absolute atomic E-state index is 0.229. The van der Waals surface area contributed by atoms with E-state index in [2.05, 4.69) is 39.8 Å². The lowest BCUT2D eigenvalue weighted by molar-refractivity contribution is -0.0169. The van der Waals surface area contributed by atoms with Crippen LogP contribution in [-0.2, 0) is 32.8 Å². The Morgan fingerprint density at radius 2 is 0.897 bits per heavy atom. The van der Waals surface area contributed by atoms with Crippen molar-refractivity contribution < 1.29 is 32.8 Å². The lowest BCUT2D eigenvalue weighted by Crippen LogP contribution is -2.41. The fourth-order valence-corrected chi connectivity index (χ4v) is 2.83. The smallest absolute Gasteiger partial charge is 0.192 e. The van der Waals surface area contributed by atoms with Crippen LogP contribution in [0.2, 0.25) is 18.1 Å². The van der Waals surface area contributed by atoms with Gasteiger partial charge < -0.3 is 32.8 Å². The van der Waals surface area contributed by atoms with Gasteiger partial charge in [0.15, 0.2) is 8.32 Å². The summed E-state index contributed by atoms with van der Waals surface area (Å²) < 4.78 is 38.3. The minimum Gasteiger partial charge on any atom is -0.414 e. The molecule has 0 aliphatic rings. The number of hydrogen-bond acceptors (Lipinski definition) is 7. The van der Waals surface area contributed by atoms with Crippen molar-refractivity contribution in [1.82, 2.24) is 0 Å². The lowest BCUT2D eigenvalue weighted by atomic mass is 10.2. The SMILES string of the molecule is C#CCOCCOCCOCCOCCOCCOCCO[Si](C)(C)C(C)(C)C. The molecule has 0 heterocycles. The molecular formula is C21H42O7Si. The highest BCUT2D eigenvalue weighted by molar-refractivity contribution is 6.74. The standard InChI is InChI=1S/C21H42O7Si/c1-7-8-22-9-10-23-11-12-24-13-14-25-15-16-26-17-18-27-19-20-28-29(5,6)21(2,3)4/h1H,8-20H2,2-6H3. The van der Waals surface area contributed by atoms with Crippen molar-refractivity contribution in [3.63, 3.8) is 0 Å². The third-order valence-corrected chi connectivity index (χ3v) is 9.08. The molecule has 172 valence electrons. The maximum atomic E-state index is 6.05. The summed E-state index contributed by atoms with van der Waals surface area (Å²) in [5, 5.41) is 0.229. The molecular weight excluding hydrogens is 392 g/mol. The van der Waals surface area contributed by atoms with Crippen LogP contribution in [0.3, 0.4) is 0 Å². The molecule has 0 rings (SSSR count). The predicted octanol–water partition coefficient (Wildman–Crippen LogP) is 2.74. The molecule has 0 amide bonds. The molecule has 0 fully saturated rings. The highest BCUT2D eigenvalue weighted by Gasteiger charge is 2.36. The first kappa shape index (κ1) is 28.5. The molecule has 0 saturated carbocycles. The molecule has 0 atom stereocenters. The highest BCUT2D eigenvalue weighted by Crippen LogP contribution is 2.36. The molecule has 0 bridgehead atoms. The van der Waals surface area contributed by atoms with Crippen molar-refractivity contribution in [3.8, 4) is 12.3 Å². The van der Waals surface area contributed by atoms with Gasteiger partial charge in [0, 0.05) is 0 Å². The average Bonchev–Trinajstić information content (AvgIpc) is 2.65. The summed E-state index contributed by atoms with van der Waals surface area (Å²) in [7, 11) is -1.67. The van der Waals surface area contributed by atoms with E-state index in [1.807, 2.05) is 0 Å². The topological polar surface area (TPSA) is 64.6 Å². The molecule has 0 aromatic rings. The molecule has 0 radical (unpaired) electrons. The fraction of sp³-hybridized carbons (Fsp3) is 0.905. The molecule has 29 heavy (non-hydrogen) atoms. The Labute approximate surface area is 178 Å². The Bertz CT molecular complexity index is 405. The van der Waals surface area contributed by atoms with E-state index in [1.165, 1.54) is 0 Å². The van der Waals surface area contributed by atoms with E-state index in [0.29, 0.717) is 85.9 Å². The minimum atomic E-state index is -1.67. The van der Waals surface area contributed by atoms with Crippen LogP contribution >= 0.6 is 0 Å². The largest absolute Gasteiger partial charge is 0.414 e. The molecule has 0 aliphatic heterocycles.